The van der Waals surface area contributed by atoms with Gasteiger partial charge in [-0.3, -0.25) is 4.90 Å². The minimum Gasteiger partial charge on any atom is -0.326 e. The molecule has 1 aliphatic heterocycles. The van der Waals surface area contributed by atoms with Gasteiger partial charge in [-0.25, -0.2) is 4.39 Å². The van der Waals surface area contributed by atoms with E-state index < -0.39 is 0 Å². The first kappa shape index (κ1) is 12.3. The quantitative estimate of drug-likeness (QED) is 0.814. The fourth-order valence-corrected chi connectivity index (χ4v) is 2.24. The lowest BCUT2D eigenvalue weighted by atomic mass is 10.1. The van der Waals surface area contributed by atoms with Crippen molar-refractivity contribution in [1.82, 2.24) is 4.90 Å². The summed E-state index contributed by atoms with van der Waals surface area (Å²) in [4.78, 5) is 2.27. The van der Waals surface area contributed by atoms with Crippen molar-refractivity contribution in [1.29, 1.82) is 0 Å². The molecule has 1 heterocycles. The molecule has 0 aliphatic carbocycles. The molecule has 0 saturated heterocycles. The standard InChI is InChI=1S/C14H19FN2/c1-11-3-2-6-17(9-11)10-13-7-12(8-16)4-5-14(13)15/h3-5,7H,2,6,8-10,16H2,1H3. The van der Waals surface area contributed by atoms with Crippen LogP contribution in [-0.4, -0.2) is 18.0 Å². The minimum atomic E-state index is -0.130. The third kappa shape index (κ3) is 3.14. The van der Waals surface area contributed by atoms with Crippen molar-refractivity contribution in [3.8, 4) is 0 Å². The van der Waals surface area contributed by atoms with Crippen LogP contribution in [0.4, 0.5) is 4.39 Å². The second kappa shape index (κ2) is 5.43. The summed E-state index contributed by atoms with van der Waals surface area (Å²) in [5.74, 6) is -0.130. The molecule has 92 valence electrons. The molecule has 17 heavy (non-hydrogen) atoms. The van der Waals surface area contributed by atoms with Gasteiger partial charge in [-0.15, -0.1) is 0 Å². The van der Waals surface area contributed by atoms with Crippen molar-refractivity contribution in [2.45, 2.75) is 26.4 Å². The maximum absolute atomic E-state index is 13.7. The molecule has 2 N–H and O–H groups in total. The van der Waals surface area contributed by atoms with Gasteiger partial charge < -0.3 is 5.73 Å². The summed E-state index contributed by atoms with van der Waals surface area (Å²) in [6.07, 6.45) is 3.31. The molecule has 3 heteroatoms. The molecule has 0 atom stereocenters. The van der Waals surface area contributed by atoms with Crippen molar-refractivity contribution in [2.75, 3.05) is 13.1 Å². The summed E-state index contributed by atoms with van der Waals surface area (Å²) in [7, 11) is 0. The summed E-state index contributed by atoms with van der Waals surface area (Å²) in [6.45, 7) is 5.20. The van der Waals surface area contributed by atoms with E-state index in [1.807, 2.05) is 6.07 Å². The molecule has 0 spiro atoms. The zero-order chi connectivity index (χ0) is 12.3. The van der Waals surface area contributed by atoms with E-state index in [0.717, 1.165) is 30.6 Å². The van der Waals surface area contributed by atoms with E-state index >= 15 is 0 Å². The summed E-state index contributed by atoms with van der Waals surface area (Å²) in [5, 5.41) is 0. The van der Waals surface area contributed by atoms with Crippen LogP contribution < -0.4 is 5.73 Å². The van der Waals surface area contributed by atoms with Gasteiger partial charge in [0.2, 0.25) is 0 Å². The average Bonchev–Trinajstić information content (AvgIpc) is 2.32. The Bertz CT molecular complexity index is 426. The minimum absolute atomic E-state index is 0.130. The molecule has 0 radical (unpaired) electrons. The van der Waals surface area contributed by atoms with Gasteiger partial charge in [0.1, 0.15) is 5.82 Å². The number of rotatable bonds is 3. The van der Waals surface area contributed by atoms with Crippen molar-refractivity contribution in [2.24, 2.45) is 5.73 Å². The monoisotopic (exact) mass is 234 g/mol. The van der Waals surface area contributed by atoms with Crippen LogP contribution in [0.1, 0.15) is 24.5 Å². The summed E-state index contributed by atoms with van der Waals surface area (Å²) in [5.41, 5.74) is 8.69. The van der Waals surface area contributed by atoms with Gasteiger partial charge >= 0.3 is 0 Å². The number of hydrogen-bond acceptors (Lipinski definition) is 2. The third-order valence-corrected chi connectivity index (χ3v) is 3.15. The fourth-order valence-electron chi connectivity index (χ4n) is 2.24. The van der Waals surface area contributed by atoms with E-state index in [0.29, 0.717) is 13.1 Å². The van der Waals surface area contributed by atoms with Gasteiger partial charge in [0.05, 0.1) is 0 Å². The largest absolute Gasteiger partial charge is 0.326 e. The van der Waals surface area contributed by atoms with Crippen molar-refractivity contribution < 1.29 is 4.39 Å². The maximum Gasteiger partial charge on any atom is 0.127 e. The topological polar surface area (TPSA) is 29.3 Å². The molecule has 0 unspecified atom stereocenters. The van der Waals surface area contributed by atoms with E-state index in [1.54, 1.807) is 6.07 Å². The molecule has 1 aliphatic rings. The zero-order valence-electron chi connectivity index (χ0n) is 10.2. The van der Waals surface area contributed by atoms with Crippen LogP contribution in [0.3, 0.4) is 0 Å². The van der Waals surface area contributed by atoms with Crippen LogP contribution in [0.15, 0.2) is 29.8 Å². The SMILES string of the molecule is CC1=CCCN(Cc2cc(CN)ccc2F)C1. The Morgan fingerprint density at radius 2 is 2.24 bits per heavy atom. The normalized spacial score (nSPS) is 17.0. The predicted molar refractivity (Wildman–Crippen MR) is 67.9 cm³/mol. The van der Waals surface area contributed by atoms with Gasteiger partial charge in [0.15, 0.2) is 0 Å². The Balaban J connectivity index is 2.10. The second-order valence-corrected chi connectivity index (χ2v) is 4.68. The first-order chi connectivity index (χ1) is 8.19. The highest BCUT2D eigenvalue weighted by Crippen LogP contribution is 2.16. The molecule has 1 aromatic rings. The van der Waals surface area contributed by atoms with Crippen LogP contribution in [0, 0.1) is 5.82 Å². The van der Waals surface area contributed by atoms with Crippen molar-refractivity contribution >= 4 is 0 Å². The van der Waals surface area contributed by atoms with E-state index in [1.165, 1.54) is 11.6 Å². The molecule has 1 aromatic carbocycles. The lowest BCUT2D eigenvalue weighted by Gasteiger charge is -2.26. The molecule has 0 bridgehead atoms. The fraction of sp³-hybridized carbons (Fsp3) is 0.429. The maximum atomic E-state index is 13.7. The number of hydrogen-bond donors (Lipinski definition) is 1. The third-order valence-electron chi connectivity index (χ3n) is 3.15. The lowest BCUT2D eigenvalue weighted by Crippen LogP contribution is -2.29. The van der Waals surface area contributed by atoms with Gasteiger partial charge in [0, 0.05) is 31.7 Å². The molecule has 0 amide bonds. The average molecular weight is 234 g/mol. The van der Waals surface area contributed by atoms with Crippen LogP contribution in [0.25, 0.3) is 0 Å². The molecule has 0 fully saturated rings. The highest BCUT2D eigenvalue weighted by Gasteiger charge is 2.12. The number of nitrogens with zero attached hydrogens (tertiary/aromatic N) is 1. The molecule has 2 rings (SSSR count). The summed E-state index contributed by atoms with van der Waals surface area (Å²) >= 11 is 0. The lowest BCUT2D eigenvalue weighted by molar-refractivity contribution is 0.278. The summed E-state index contributed by atoms with van der Waals surface area (Å²) in [6, 6.07) is 5.15. The highest BCUT2D eigenvalue weighted by atomic mass is 19.1. The van der Waals surface area contributed by atoms with Gasteiger partial charge in [0.25, 0.3) is 0 Å². The molecular formula is C14H19FN2. The highest BCUT2D eigenvalue weighted by molar-refractivity contribution is 5.25. The van der Waals surface area contributed by atoms with Crippen LogP contribution in [0.2, 0.25) is 0 Å². The number of benzene rings is 1. The van der Waals surface area contributed by atoms with Gasteiger partial charge in [-0.1, -0.05) is 23.8 Å². The Morgan fingerprint density at radius 3 is 2.94 bits per heavy atom. The molecule has 0 aromatic heterocycles. The first-order valence-electron chi connectivity index (χ1n) is 6.04. The molecule has 0 saturated carbocycles. The van der Waals surface area contributed by atoms with E-state index in [9.17, 15) is 4.39 Å². The predicted octanol–water partition coefficient (Wildman–Crippen LogP) is 2.44. The van der Waals surface area contributed by atoms with E-state index in [2.05, 4.69) is 17.9 Å². The van der Waals surface area contributed by atoms with Crippen LogP contribution >= 0.6 is 0 Å². The van der Waals surface area contributed by atoms with Crippen molar-refractivity contribution in [3.05, 3.63) is 46.8 Å². The number of nitrogens with two attached hydrogens (primary N) is 1. The van der Waals surface area contributed by atoms with Crippen LogP contribution in [-0.2, 0) is 13.1 Å². The molecule has 2 nitrogen and oxygen atoms in total. The van der Waals surface area contributed by atoms with Crippen LogP contribution in [0.5, 0.6) is 0 Å². The smallest absolute Gasteiger partial charge is 0.127 e. The van der Waals surface area contributed by atoms with E-state index in [-0.39, 0.29) is 5.82 Å². The molecular weight excluding hydrogens is 215 g/mol. The Labute approximate surface area is 102 Å². The van der Waals surface area contributed by atoms with Gasteiger partial charge in [-0.05, 0) is 25.0 Å². The zero-order valence-corrected chi connectivity index (χ0v) is 10.2. The Kier molecular flexibility index (Phi) is 3.92. The Hall–Kier alpha value is -1.19. The second-order valence-electron chi connectivity index (χ2n) is 4.68. The van der Waals surface area contributed by atoms with Crippen molar-refractivity contribution in [3.63, 3.8) is 0 Å². The van der Waals surface area contributed by atoms with E-state index in [4.69, 9.17) is 5.73 Å². The first-order valence-corrected chi connectivity index (χ1v) is 6.04. The Morgan fingerprint density at radius 1 is 1.41 bits per heavy atom. The summed E-state index contributed by atoms with van der Waals surface area (Å²) < 4.78 is 13.7. The number of halogens is 1. The van der Waals surface area contributed by atoms with Gasteiger partial charge in [-0.2, -0.15) is 0 Å².